The van der Waals surface area contributed by atoms with Gasteiger partial charge in [0.2, 0.25) is 0 Å². The second-order valence-corrected chi connectivity index (χ2v) is 7.84. The molecule has 1 aliphatic heterocycles. The van der Waals surface area contributed by atoms with Crippen LogP contribution in [0.5, 0.6) is 0 Å². The van der Waals surface area contributed by atoms with Crippen molar-refractivity contribution >= 4 is 17.4 Å². The second kappa shape index (κ2) is 7.63. The number of hydrogen-bond donors (Lipinski definition) is 0. The van der Waals surface area contributed by atoms with E-state index in [0.29, 0.717) is 19.7 Å². The monoisotopic (exact) mass is 375 g/mol. The molecule has 0 radical (unpaired) electrons. The lowest BCUT2D eigenvalue weighted by Gasteiger charge is -2.42. The molecule has 1 fully saturated rings. The van der Waals surface area contributed by atoms with Crippen molar-refractivity contribution in [2.24, 2.45) is 5.41 Å². The Morgan fingerprint density at radius 3 is 2.39 bits per heavy atom. The molecule has 0 N–H and O–H groups in total. The molecule has 0 saturated carbocycles. The molecule has 2 aromatic rings. The van der Waals surface area contributed by atoms with Gasteiger partial charge in [-0.3, -0.25) is 4.79 Å². The van der Waals surface area contributed by atoms with Crippen molar-refractivity contribution in [3.63, 3.8) is 0 Å². The number of allylic oxidation sites excluding steroid dienone is 2. The lowest BCUT2D eigenvalue weighted by Crippen LogP contribution is -2.44. The fourth-order valence-corrected chi connectivity index (χ4v) is 4.31. The van der Waals surface area contributed by atoms with E-state index in [2.05, 4.69) is 12.1 Å². The summed E-state index contributed by atoms with van der Waals surface area (Å²) in [5.41, 5.74) is 4.05. The largest absolute Gasteiger partial charge is 0.445 e. The molecule has 1 aliphatic carbocycles. The van der Waals surface area contributed by atoms with Crippen molar-refractivity contribution in [1.29, 1.82) is 0 Å². The van der Waals surface area contributed by atoms with Crippen LogP contribution in [0.2, 0.25) is 0 Å². The summed E-state index contributed by atoms with van der Waals surface area (Å²) in [4.78, 5) is 26.5. The second-order valence-electron chi connectivity index (χ2n) is 7.84. The molecule has 2 aromatic carbocycles. The van der Waals surface area contributed by atoms with Gasteiger partial charge in [0.25, 0.3) is 0 Å². The minimum absolute atomic E-state index is 0.0500. The molecule has 1 spiro atoms. The molecule has 0 bridgehead atoms. The van der Waals surface area contributed by atoms with E-state index in [1.165, 1.54) is 5.56 Å². The molecule has 0 aromatic heterocycles. The Bertz CT molecular complexity index is 908. The summed E-state index contributed by atoms with van der Waals surface area (Å²) in [5, 5.41) is 0. The van der Waals surface area contributed by atoms with Crippen molar-refractivity contribution in [2.45, 2.75) is 32.8 Å². The average molecular weight is 375 g/mol. The summed E-state index contributed by atoms with van der Waals surface area (Å²) in [5.74, 6) is 0.108. The number of ketones is 1. The maximum atomic E-state index is 12.4. The Morgan fingerprint density at radius 1 is 1.00 bits per heavy atom. The summed E-state index contributed by atoms with van der Waals surface area (Å²) >= 11 is 0. The predicted octanol–water partition coefficient (Wildman–Crippen LogP) is 4.63. The van der Waals surface area contributed by atoms with E-state index in [-0.39, 0.29) is 17.3 Å². The molecule has 1 saturated heterocycles. The standard InChI is InChI=1S/C24H25NO3/c1-18(26)22-16-24(15-20-9-5-6-10-21(20)22)11-13-25(14-12-24)23(27)28-17-19-7-3-2-4-8-19/h2-10,16H,11-15,17H2,1H3. The maximum Gasteiger partial charge on any atom is 0.410 e. The SMILES string of the molecule is CC(=O)C1=CC2(CCN(C(=O)OCc3ccccc3)CC2)Cc2ccccc21. The number of likely N-dealkylation sites (tertiary alicyclic amines) is 1. The molecule has 4 heteroatoms. The van der Waals surface area contributed by atoms with E-state index in [0.717, 1.165) is 36.0 Å². The Morgan fingerprint density at radius 2 is 1.68 bits per heavy atom. The molecule has 28 heavy (non-hydrogen) atoms. The molecule has 1 amide bonds. The van der Waals surface area contributed by atoms with Crippen LogP contribution in [0.25, 0.3) is 5.57 Å². The highest BCUT2D eigenvalue weighted by Gasteiger charge is 2.38. The number of amides is 1. The van der Waals surface area contributed by atoms with Gasteiger partial charge in [-0.15, -0.1) is 0 Å². The number of ether oxygens (including phenoxy) is 1. The summed E-state index contributed by atoms with van der Waals surface area (Å²) in [6.45, 7) is 3.23. The topological polar surface area (TPSA) is 46.6 Å². The van der Waals surface area contributed by atoms with Crippen LogP contribution in [-0.4, -0.2) is 29.9 Å². The Balaban J connectivity index is 1.43. The number of Topliss-reactive ketones (excluding diaryl/α,β-unsaturated/α-hetero) is 1. The first-order valence-corrected chi connectivity index (χ1v) is 9.84. The van der Waals surface area contributed by atoms with Gasteiger partial charge in [-0.05, 0) is 48.3 Å². The number of carbonyl (C=O) groups is 2. The molecule has 4 nitrogen and oxygen atoms in total. The third-order valence-electron chi connectivity index (χ3n) is 5.90. The van der Waals surface area contributed by atoms with Crippen LogP contribution in [0.4, 0.5) is 4.79 Å². The maximum absolute atomic E-state index is 12.4. The Kier molecular flexibility index (Phi) is 5.03. The van der Waals surface area contributed by atoms with Crippen LogP contribution in [0.1, 0.15) is 36.5 Å². The molecular formula is C24H25NO3. The highest BCUT2D eigenvalue weighted by Crippen LogP contribution is 2.44. The minimum atomic E-state index is -0.259. The smallest absolute Gasteiger partial charge is 0.410 e. The van der Waals surface area contributed by atoms with Crippen molar-refractivity contribution in [2.75, 3.05) is 13.1 Å². The highest BCUT2D eigenvalue weighted by molar-refractivity contribution is 6.20. The van der Waals surface area contributed by atoms with Crippen molar-refractivity contribution in [1.82, 2.24) is 4.90 Å². The van der Waals surface area contributed by atoms with Crippen LogP contribution in [0.3, 0.4) is 0 Å². The van der Waals surface area contributed by atoms with Gasteiger partial charge in [0.05, 0.1) is 0 Å². The molecule has 0 unspecified atom stereocenters. The summed E-state index contributed by atoms with van der Waals surface area (Å²) in [7, 11) is 0. The molecule has 144 valence electrons. The third-order valence-corrected chi connectivity index (χ3v) is 5.90. The summed E-state index contributed by atoms with van der Waals surface area (Å²) in [6, 6.07) is 17.9. The number of rotatable bonds is 3. The van der Waals surface area contributed by atoms with Gasteiger partial charge < -0.3 is 9.64 Å². The summed E-state index contributed by atoms with van der Waals surface area (Å²) < 4.78 is 5.48. The van der Waals surface area contributed by atoms with Crippen molar-refractivity contribution in [3.05, 3.63) is 77.4 Å². The number of benzene rings is 2. The van der Waals surface area contributed by atoms with Gasteiger partial charge in [-0.25, -0.2) is 4.79 Å². The lowest BCUT2D eigenvalue weighted by atomic mass is 9.68. The number of carbonyl (C=O) groups excluding carboxylic acids is 2. The van der Waals surface area contributed by atoms with E-state index in [9.17, 15) is 9.59 Å². The number of piperidine rings is 1. The quantitative estimate of drug-likeness (QED) is 0.785. The zero-order valence-corrected chi connectivity index (χ0v) is 16.2. The van der Waals surface area contributed by atoms with Gasteiger partial charge in [0.15, 0.2) is 5.78 Å². The van der Waals surface area contributed by atoms with Crippen LogP contribution in [-0.2, 0) is 22.6 Å². The Labute approximate surface area is 165 Å². The fraction of sp³-hybridized carbons (Fsp3) is 0.333. The zero-order valence-electron chi connectivity index (χ0n) is 16.2. The number of fused-ring (bicyclic) bond motifs is 1. The van der Waals surface area contributed by atoms with Crippen LogP contribution < -0.4 is 0 Å². The molecular weight excluding hydrogens is 350 g/mol. The number of hydrogen-bond acceptors (Lipinski definition) is 3. The normalized spacial score (nSPS) is 17.6. The Hall–Kier alpha value is -2.88. The van der Waals surface area contributed by atoms with E-state index < -0.39 is 0 Å². The van der Waals surface area contributed by atoms with Gasteiger partial charge >= 0.3 is 6.09 Å². The third kappa shape index (κ3) is 3.72. The van der Waals surface area contributed by atoms with Gasteiger partial charge in [0, 0.05) is 18.7 Å². The fourth-order valence-electron chi connectivity index (χ4n) is 4.31. The first-order chi connectivity index (χ1) is 13.6. The first kappa shape index (κ1) is 18.5. The minimum Gasteiger partial charge on any atom is -0.445 e. The molecule has 2 aliphatic rings. The van der Waals surface area contributed by atoms with Crippen LogP contribution in [0, 0.1) is 5.41 Å². The predicted molar refractivity (Wildman–Crippen MR) is 109 cm³/mol. The van der Waals surface area contributed by atoms with Crippen molar-refractivity contribution in [3.8, 4) is 0 Å². The van der Waals surface area contributed by atoms with Crippen LogP contribution in [0.15, 0.2) is 60.7 Å². The highest BCUT2D eigenvalue weighted by atomic mass is 16.6. The molecule has 0 atom stereocenters. The zero-order chi connectivity index (χ0) is 19.6. The molecule has 1 heterocycles. The van der Waals surface area contributed by atoms with E-state index in [1.807, 2.05) is 48.5 Å². The van der Waals surface area contributed by atoms with Gasteiger partial charge in [-0.1, -0.05) is 60.7 Å². The van der Waals surface area contributed by atoms with E-state index in [1.54, 1.807) is 11.8 Å². The summed E-state index contributed by atoms with van der Waals surface area (Å²) in [6.07, 6.45) is 4.53. The van der Waals surface area contributed by atoms with Gasteiger partial charge in [0.1, 0.15) is 6.61 Å². The van der Waals surface area contributed by atoms with Crippen molar-refractivity contribution < 1.29 is 14.3 Å². The average Bonchev–Trinajstić information content (AvgIpc) is 2.72. The van der Waals surface area contributed by atoms with E-state index >= 15 is 0 Å². The van der Waals surface area contributed by atoms with Gasteiger partial charge in [-0.2, -0.15) is 0 Å². The lowest BCUT2D eigenvalue weighted by molar-refractivity contribution is -0.111. The molecule has 4 rings (SSSR count). The first-order valence-electron chi connectivity index (χ1n) is 9.84. The van der Waals surface area contributed by atoms with E-state index in [4.69, 9.17) is 4.74 Å². The number of nitrogens with zero attached hydrogens (tertiary/aromatic N) is 1. The van der Waals surface area contributed by atoms with Crippen LogP contribution >= 0.6 is 0 Å².